The highest BCUT2D eigenvalue weighted by Crippen LogP contribution is 2.25. The summed E-state index contributed by atoms with van der Waals surface area (Å²) in [6.45, 7) is 0.802. The molecule has 0 bridgehead atoms. The highest BCUT2D eigenvalue weighted by molar-refractivity contribution is 9.10. The van der Waals surface area contributed by atoms with Crippen molar-refractivity contribution in [3.63, 3.8) is 0 Å². The molecule has 0 spiro atoms. The van der Waals surface area contributed by atoms with Gasteiger partial charge in [0.2, 0.25) is 0 Å². The number of rotatable bonds is 5. The molecule has 0 radical (unpaired) electrons. The smallest absolute Gasteiger partial charge is 0.336 e. The number of aryl methyl sites for hydroxylation is 1. The molecule has 0 saturated carbocycles. The monoisotopic (exact) mass is 326 g/mol. The van der Waals surface area contributed by atoms with E-state index >= 15 is 0 Å². The summed E-state index contributed by atoms with van der Waals surface area (Å²) in [5.41, 5.74) is 0.291. The van der Waals surface area contributed by atoms with Gasteiger partial charge in [-0.05, 0) is 40.2 Å². The van der Waals surface area contributed by atoms with E-state index in [0.717, 1.165) is 17.2 Å². The molecule has 4 nitrogen and oxygen atoms in total. The van der Waals surface area contributed by atoms with Gasteiger partial charge in [0.15, 0.2) is 0 Å². The molecule has 18 heavy (non-hydrogen) atoms. The normalized spacial score (nSPS) is 10.5. The minimum absolute atomic E-state index is 0.291. The van der Waals surface area contributed by atoms with Gasteiger partial charge in [-0.15, -0.1) is 11.8 Å². The molecule has 0 aliphatic carbocycles. The average molecular weight is 327 g/mol. The van der Waals surface area contributed by atoms with Crippen LogP contribution < -0.4 is 0 Å². The van der Waals surface area contributed by atoms with Crippen molar-refractivity contribution >= 4 is 33.7 Å². The molecule has 0 fully saturated rings. The van der Waals surface area contributed by atoms with Crippen LogP contribution in [-0.2, 0) is 6.54 Å². The first kappa shape index (κ1) is 13.2. The number of thioether (sulfide) groups is 1. The van der Waals surface area contributed by atoms with Crippen LogP contribution in [0.1, 0.15) is 10.4 Å². The molecule has 1 N–H and O–H groups in total. The Morgan fingerprint density at radius 3 is 3.00 bits per heavy atom. The summed E-state index contributed by atoms with van der Waals surface area (Å²) in [6, 6.07) is 7.23. The lowest BCUT2D eigenvalue weighted by Gasteiger charge is -2.05. The number of carbonyl (C=O) groups is 1. The fourth-order valence-electron chi connectivity index (χ4n) is 1.45. The Morgan fingerprint density at radius 1 is 1.50 bits per heavy atom. The summed E-state index contributed by atoms with van der Waals surface area (Å²) >= 11 is 4.84. The van der Waals surface area contributed by atoms with Gasteiger partial charge in [-0.25, -0.2) is 4.79 Å². The molecule has 0 aliphatic heterocycles. The van der Waals surface area contributed by atoms with Gasteiger partial charge in [0, 0.05) is 27.5 Å². The number of hydrogen-bond donors (Lipinski definition) is 1. The molecular formula is C12H11BrN2O2S. The maximum absolute atomic E-state index is 11.0. The molecule has 0 atom stereocenters. The molecule has 6 heteroatoms. The summed E-state index contributed by atoms with van der Waals surface area (Å²) in [7, 11) is 0. The predicted octanol–water partition coefficient (Wildman–Crippen LogP) is 3.14. The number of halogens is 1. The summed E-state index contributed by atoms with van der Waals surface area (Å²) < 4.78 is 2.45. The summed E-state index contributed by atoms with van der Waals surface area (Å²) in [5.74, 6) is -0.0704. The lowest BCUT2D eigenvalue weighted by atomic mass is 10.2. The fraction of sp³-hybridized carbons (Fsp3) is 0.167. The zero-order valence-electron chi connectivity index (χ0n) is 9.41. The third-order valence-electron chi connectivity index (χ3n) is 2.32. The van der Waals surface area contributed by atoms with E-state index in [4.69, 9.17) is 5.11 Å². The van der Waals surface area contributed by atoms with Gasteiger partial charge in [-0.3, -0.25) is 4.68 Å². The minimum Gasteiger partial charge on any atom is -0.478 e. The van der Waals surface area contributed by atoms with E-state index < -0.39 is 5.97 Å². The first-order valence-electron chi connectivity index (χ1n) is 5.30. The van der Waals surface area contributed by atoms with Gasteiger partial charge in [-0.1, -0.05) is 0 Å². The lowest BCUT2D eigenvalue weighted by molar-refractivity contribution is 0.0695. The van der Waals surface area contributed by atoms with Crippen LogP contribution in [0.15, 0.2) is 46.0 Å². The topological polar surface area (TPSA) is 55.1 Å². The molecule has 2 rings (SSSR count). The number of benzene rings is 1. The van der Waals surface area contributed by atoms with E-state index in [2.05, 4.69) is 21.0 Å². The Hall–Kier alpha value is -1.27. The van der Waals surface area contributed by atoms with Crippen LogP contribution in [0, 0.1) is 0 Å². The summed E-state index contributed by atoms with van der Waals surface area (Å²) in [6.07, 6.45) is 3.65. The lowest BCUT2D eigenvalue weighted by Crippen LogP contribution is -2.01. The van der Waals surface area contributed by atoms with E-state index in [9.17, 15) is 4.79 Å². The van der Waals surface area contributed by atoms with Crippen molar-refractivity contribution < 1.29 is 9.90 Å². The van der Waals surface area contributed by atoms with Gasteiger partial charge < -0.3 is 5.11 Å². The second-order valence-electron chi connectivity index (χ2n) is 3.56. The molecule has 0 amide bonds. The van der Waals surface area contributed by atoms with Crippen LogP contribution in [0.25, 0.3) is 0 Å². The maximum atomic E-state index is 11.0. The van der Waals surface area contributed by atoms with Gasteiger partial charge in [0.25, 0.3) is 0 Å². The van der Waals surface area contributed by atoms with Gasteiger partial charge >= 0.3 is 5.97 Å². The van der Waals surface area contributed by atoms with Crippen molar-refractivity contribution in [1.29, 1.82) is 0 Å². The van der Waals surface area contributed by atoms with Crippen molar-refractivity contribution in [3.8, 4) is 0 Å². The molecular weight excluding hydrogens is 316 g/mol. The molecule has 0 unspecified atom stereocenters. The Morgan fingerprint density at radius 2 is 2.33 bits per heavy atom. The Bertz CT molecular complexity index is 543. The number of nitrogens with zero attached hydrogens (tertiary/aromatic N) is 2. The summed E-state index contributed by atoms with van der Waals surface area (Å²) in [4.78, 5) is 11.9. The number of aromatic nitrogens is 2. The molecule has 1 aromatic heterocycles. The second kappa shape index (κ2) is 6.06. The van der Waals surface area contributed by atoms with Crippen molar-refractivity contribution in [2.24, 2.45) is 0 Å². The standard InChI is InChI=1S/C12H11BrN2O2S/c13-11-3-2-9(8-10(11)12(16)17)18-7-6-15-5-1-4-14-15/h1-5,8H,6-7H2,(H,16,17). The van der Waals surface area contributed by atoms with Crippen molar-refractivity contribution in [2.45, 2.75) is 11.4 Å². The van der Waals surface area contributed by atoms with Crippen LogP contribution in [0.5, 0.6) is 0 Å². The van der Waals surface area contributed by atoms with E-state index in [0.29, 0.717) is 10.0 Å². The molecule has 94 valence electrons. The average Bonchev–Trinajstić information content (AvgIpc) is 2.84. The molecule has 1 aromatic carbocycles. The van der Waals surface area contributed by atoms with Crippen molar-refractivity contribution in [1.82, 2.24) is 9.78 Å². The predicted molar refractivity (Wildman–Crippen MR) is 74.1 cm³/mol. The van der Waals surface area contributed by atoms with Gasteiger partial charge in [-0.2, -0.15) is 5.10 Å². The third-order valence-corrected chi connectivity index (χ3v) is 3.98. The first-order valence-corrected chi connectivity index (χ1v) is 7.08. The van der Waals surface area contributed by atoms with Crippen molar-refractivity contribution in [3.05, 3.63) is 46.7 Å². The van der Waals surface area contributed by atoms with Crippen molar-refractivity contribution in [2.75, 3.05) is 5.75 Å². The van der Waals surface area contributed by atoms with Gasteiger partial charge in [0.1, 0.15) is 0 Å². The summed E-state index contributed by atoms with van der Waals surface area (Å²) in [5, 5.41) is 13.1. The zero-order valence-corrected chi connectivity index (χ0v) is 11.8. The van der Waals surface area contributed by atoms with Crippen LogP contribution in [0.3, 0.4) is 0 Å². The number of hydrogen-bond acceptors (Lipinski definition) is 3. The minimum atomic E-state index is -0.920. The van der Waals surface area contributed by atoms with Crippen LogP contribution >= 0.6 is 27.7 Å². The zero-order chi connectivity index (χ0) is 13.0. The number of carboxylic acid groups (broad SMARTS) is 1. The third kappa shape index (κ3) is 3.36. The molecule has 0 aliphatic rings. The maximum Gasteiger partial charge on any atom is 0.336 e. The molecule has 2 aromatic rings. The second-order valence-corrected chi connectivity index (χ2v) is 5.59. The molecule has 0 saturated heterocycles. The quantitative estimate of drug-likeness (QED) is 0.857. The largest absolute Gasteiger partial charge is 0.478 e. The SMILES string of the molecule is O=C(O)c1cc(SCCn2cccn2)ccc1Br. The fourth-order valence-corrected chi connectivity index (χ4v) is 2.74. The van der Waals surface area contributed by atoms with Crippen LogP contribution in [-0.4, -0.2) is 26.6 Å². The Kier molecular flexibility index (Phi) is 4.43. The van der Waals surface area contributed by atoms with Crippen LogP contribution in [0.2, 0.25) is 0 Å². The van der Waals surface area contributed by atoms with Crippen LogP contribution in [0.4, 0.5) is 0 Å². The van der Waals surface area contributed by atoms with E-state index in [1.807, 2.05) is 23.0 Å². The van der Waals surface area contributed by atoms with E-state index in [1.54, 1.807) is 30.1 Å². The van der Waals surface area contributed by atoms with E-state index in [1.165, 1.54) is 0 Å². The van der Waals surface area contributed by atoms with E-state index in [-0.39, 0.29) is 0 Å². The first-order chi connectivity index (χ1) is 8.66. The Balaban J connectivity index is 1.97. The Labute approximate surface area is 117 Å². The number of carboxylic acids is 1. The molecule has 1 heterocycles. The highest BCUT2D eigenvalue weighted by atomic mass is 79.9. The van der Waals surface area contributed by atoms with Gasteiger partial charge in [0.05, 0.1) is 12.1 Å². The number of aromatic carboxylic acids is 1. The highest BCUT2D eigenvalue weighted by Gasteiger charge is 2.09.